The van der Waals surface area contributed by atoms with Gasteiger partial charge in [0.05, 0.1) is 5.69 Å². The van der Waals surface area contributed by atoms with E-state index in [0.29, 0.717) is 22.0 Å². The van der Waals surface area contributed by atoms with Gasteiger partial charge in [-0.25, -0.2) is 9.69 Å². The summed E-state index contributed by atoms with van der Waals surface area (Å²) in [6, 6.07) is 19.2. The Morgan fingerprint density at radius 2 is 1.74 bits per heavy atom. The van der Waals surface area contributed by atoms with Crippen LogP contribution in [0.15, 0.2) is 78.4 Å². The molecule has 0 spiro atoms. The summed E-state index contributed by atoms with van der Waals surface area (Å²) in [7, 11) is 0. The molecule has 3 aromatic rings. The van der Waals surface area contributed by atoms with Crippen molar-refractivity contribution in [3.05, 3.63) is 94.5 Å². The quantitative estimate of drug-likeness (QED) is 0.396. The predicted molar refractivity (Wildman–Crippen MR) is 132 cm³/mol. The first kappa shape index (κ1) is 23.7. The van der Waals surface area contributed by atoms with E-state index < -0.39 is 23.8 Å². The average molecular weight is 490 g/mol. The topological polar surface area (TPSA) is 105 Å². The smallest absolute Gasteiger partial charge is 0.335 e. The number of barbiturate groups is 1. The number of carbonyl (C=O) groups is 4. The third kappa shape index (κ3) is 5.56. The van der Waals surface area contributed by atoms with Gasteiger partial charge in [-0.2, -0.15) is 0 Å². The summed E-state index contributed by atoms with van der Waals surface area (Å²) >= 11 is 6.12. The molecule has 0 unspecified atom stereocenters. The molecular weight excluding hydrogens is 470 g/mol. The number of hydrogen-bond donors (Lipinski definition) is 2. The number of anilines is 2. The number of rotatable bonds is 6. The Balaban J connectivity index is 1.57. The summed E-state index contributed by atoms with van der Waals surface area (Å²) < 4.78 is 5.66. The first-order valence-electron chi connectivity index (χ1n) is 10.6. The average Bonchev–Trinajstić information content (AvgIpc) is 2.83. The molecule has 4 rings (SSSR count). The van der Waals surface area contributed by atoms with Crippen molar-refractivity contribution in [2.45, 2.75) is 6.92 Å². The lowest BCUT2D eigenvalue weighted by atomic mass is 10.1. The molecule has 35 heavy (non-hydrogen) atoms. The van der Waals surface area contributed by atoms with Crippen molar-refractivity contribution < 1.29 is 23.9 Å². The maximum absolute atomic E-state index is 13.1. The molecule has 0 radical (unpaired) electrons. The molecule has 0 aliphatic carbocycles. The summed E-state index contributed by atoms with van der Waals surface area (Å²) in [5.74, 6) is -1.82. The van der Waals surface area contributed by atoms with Crippen molar-refractivity contribution in [2.24, 2.45) is 0 Å². The van der Waals surface area contributed by atoms with Gasteiger partial charge in [0.25, 0.3) is 17.7 Å². The Morgan fingerprint density at radius 3 is 2.46 bits per heavy atom. The van der Waals surface area contributed by atoms with E-state index in [-0.39, 0.29) is 17.9 Å². The van der Waals surface area contributed by atoms with Crippen molar-refractivity contribution in [1.29, 1.82) is 0 Å². The number of nitrogens with one attached hydrogen (secondary N) is 2. The molecule has 1 aliphatic rings. The van der Waals surface area contributed by atoms with Gasteiger partial charge in [0, 0.05) is 16.3 Å². The van der Waals surface area contributed by atoms with Crippen LogP contribution in [0, 0.1) is 6.92 Å². The maximum atomic E-state index is 13.1. The molecule has 9 heteroatoms. The molecule has 1 saturated heterocycles. The SMILES string of the molecule is Cc1ccc(NC(=O)COc2ccc(Cl)cc2/C=C2\C(=O)NC(=O)N(c3ccccc3)C2=O)cc1. The number of benzene rings is 3. The van der Waals surface area contributed by atoms with Gasteiger partial charge in [-0.1, -0.05) is 47.5 Å². The second-order valence-electron chi connectivity index (χ2n) is 7.68. The molecule has 1 fully saturated rings. The van der Waals surface area contributed by atoms with E-state index in [1.165, 1.54) is 18.2 Å². The molecule has 0 aromatic heterocycles. The molecular formula is C26H20ClN3O5. The second kappa shape index (κ2) is 10.2. The largest absolute Gasteiger partial charge is 0.483 e. The van der Waals surface area contributed by atoms with E-state index in [2.05, 4.69) is 10.6 Å². The number of urea groups is 1. The zero-order chi connectivity index (χ0) is 24.9. The van der Waals surface area contributed by atoms with Gasteiger partial charge in [0.2, 0.25) is 0 Å². The van der Waals surface area contributed by atoms with Gasteiger partial charge in [-0.05, 0) is 55.5 Å². The van der Waals surface area contributed by atoms with Crippen molar-refractivity contribution in [2.75, 3.05) is 16.8 Å². The summed E-state index contributed by atoms with van der Waals surface area (Å²) in [5.41, 5.74) is 2.00. The van der Waals surface area contributed by atoms with Crippen LogP contribution in [0.2, 0.25) is 5.02 Å². The number of hydrogen-bond acceptors (Lipinski definition) is 5. The third-order valence-electron chi connectivity index (χ3n) is 5.08. The van der Waals surface area contributed by atoms with Crippen molar-refractivity contribution >= 4 is 52.8 Å². The fourth-order valence-corrected chi connectivity index (χ4v) is 3.55. The zero-order valence-electron chi connectivity index (χ0n) is 18.6. The molecule has 2 N–H and O–H groups in total. The minimum Gasteiger partial charge on any atom is -0.483 e. The fraction of sp³-hybridized carbons (Fsp3) is 0.0769. The predicted octanol–water partition coefficient (Wildman–Crippen LogP) is 4.33. The van der Waals surface area contributed by atoms with E-state index in [9.17, 15) is 19.2 Å². The summed E-state index contributed by atoms with van der Waals surface area (Å²) in [4.78, 5) is 51.1. The monoisotopic (exact) mass is 489 g/mol. The van der Waals surface area contributed by atoms with Gasteiger partial charge in [0.1, 0.15) is 11.3 Å². The Kier molecular flexibility index (Phi) is 6.93. The number of imide groups is 2. The van der Waals surface area contributed by atoms with Crippen LogP contribution in [-0.2, 0) is 14.4 Å². The van der Waals surface area contributed by atoms with E-state index >= 15 is 0 Å². The molecule has 0 bridgehead atoms. The summed E-state index contributed by atoms with van der Waals surface area (Å²) in [6.07, 6.45) is 1.28. The number of halogens is 1. The summed E-state index contributed by atoms with van der Waals surface area (Å²) in [6.45, 7) is 1.62. The normalized spacial score (nSPS) is 14.6. The lowest BCUT2D eigenvalue weighted by Crippen LogP contribution is -2.54. The number of ether oxygens (including phenoxy) is 1. The zero-order valence-corrected chi connectivity index (χ0v) is 19.3. The molecule has 1 heterocycles. The minimum absolute atomic E-state index is 0.227. The highest BCUT2D eigenvalue weighted by Crippen LogP contribution is 2.28. The molecule has 5 amide bonds. The standard InChI is InChI=1S/C26H20ClN3O5/c1-16-7-10-19(11-8-16)28-23(31)15-35-22-12-9-18(27)13-17(22)14-21-24(32)29-26(34)30(25(21)33)20-5-3-2-4-6-20/h2-14H,15H2,1H3,(H,28,31)(H,29,32,34)/b21-14+. The maximum Gasteiger partial charge on any atom is 0.335 e. The van der Waals surface area contributed by atoms with Crippen LogP contribution >= 0.6 is 11.6 Å². The van der Waals surface area contributed by atoms with E-state index in [4.69, 9.17) is 16.3 Å². The Hall–Kier alpha value is -4.43. The van der Waals surface area contributed by atoms with Crippen LogP contribution in [0.3, 0.4) is 0 Å². The highest BCUT2D eigenvalue weighted by Gasteiger charge is 2.36. The van der Waals surface area contributed by atoms with Gasteiger partial charge < -0.3 is 10.1 Å². The van der Waals surface area contributed by atoms with E-state index in [1.54, 1.807) is 48.5 Å². The highest BCUT2D eigenvalue weighted by molar-refractivity contribution is 6.39. The summed E-state index contributed by atoms with van der Waals surface area (Å²) in [5, 5.41) is 5.22. The fourth-order valence-electron chi connectivity index (χ4n) is 3.37. The Bertz CT molecular complexity index is 1340. The first-order chi connectivity index (χ1) is 16.8. The van der Waals surface area contributed by atoms with Gasteiger partial charge >= 0.3 is 6.03 Å². The van der Waals surface area contributed by atoms with E-state index in [1.807, 2.05) is 19.1 Å². The number of aryl methyl sites for hydroxylation is 1. The second-order valence-corrected chi connectivity index (χ2v) is 8.11. The van der Waals surface area contributed by atoms with Crippen LogP contribution in [0.25, 0.3) is 6.08 Å². The van der Waals surface area contributed by atoms with Gasteiger partial charge in [-0.3, -0.25) is 19.7 Å². The van der Waals surface area contributed by atoms with Crippen LogP contribution < -0.4 is 20.3 Å². The first-order valence-corrected chi connectivity index (χ1v) is 10.9. The van der Waals surface area contributed by atoms with Crippen molar-refractivity contribution in [3.8, 4) is 5.75 Å². The van der Waals surface area contributed by atoms with Gasteiger partial charge in [-0.15, -0.1) is 0 Å². The molecule has 0 saturated carbocycles. The van der Waals surface area contributed by atoms with Crippen LogP contribution in [0.5, 0.6) is 5.75 Å². The van der Waals surface area contributed by atoms with Crippen LogP contribution in [0.1, 0.15) is 11.1 Å². The van der Waals surface area contributed by atoms with Crippen LogP contribution in [0.4, 0.5) is 16.2 Å². The molecule has 1 aliphatic heterocycles. The molecule has 3 aromatic carbocycles. The van der Waals surface area contributed by atoms with E-state index in [0.717, 1.165) is 10.5 Å². The lowest BCUT2D eigenvalue weighted by molar-refractivity contribution is -0.122. The molecule has 8 nitrogen and oxygen atoms in total. The third-order valence-corrected chi connectivity index (χ3v) is 5.32. The number of para-hydroxylation sites is 1. The number of nitrogens with zero attached hydrogens (tertiary/aromatic N) is 1. The number of carbonyl (C=O) groups excluding carboxylic acids is 4. The molecule has 176 valence electrons. The number of amides is 5. The van der Waals surface area contributed by atoms with Gasteiger partial charge in [0.15, 0.2) is 6.61 Å². The molecule has 0 atom stereocenters. The lowest BCUT2D eigenvalue weighted by Gasteiger charge is -2.26. The Morgan fingerprint density at radius 1 is 1.03 bits per heavy atom. The Labute approximate surface area is 206 Å². The van der Waals surface area contributed by atoms with Crippen molar-refractivity contribution in [1.82, 2.24) is 5.32 Å². The van der Waals surface area contributed by atoms with Crippen molar-refractivity contribution in [3.63, 3.8) is 0 Å². The highest BCUT2D eigenvalue weighted by atomic mass is 35.5. The minimum atomic E-state index is -0.852. The van der Waals surface area contributed by atoms with Crippen LogP contribution in [-0.4, -0.2) is 30.4 Å².